The van der Waals surface area contributed by atoms with Crippen molar-refractivity contribution in [3.63, 3.8) is 0 Å². The maximum absolute atomic E-state index is 5.85. The molecule has 0 aliphatic rings. The normalized spacial score (nSPS) is 12.2. The van der Waals surface area contributed by atoms with Gasteiger partial charge in [-0.2, -0.15) is 0 Å². The van der Waals surface area contributed by atoms with Gasteiger partial charge in [-0.1, -0.05) is 46.3 Å². The molecule has 0 amide bonds. The first-order chi connectivity index (χ1) is 8.66. The van der Waals surface area contributed by atoms with E-state index in [0.29, 0.717) is 6.61 Å². The highest BCUT2D eigenvalue weighted by Gasteiger charge is 2.03. The Labute approximate surface area is 116 Å². The molecule has 0 aromatic heterocycles. The van der Waals surface area contributed by atoms with Gasteiger partial charge in [0.2, 0.25) is 0 Å². The highest BCUT2D eigenvalue weighted by Crippen LogP contribution is 2.21. The van der Waals surface area contributed by atoms with Gasteiger partial charge in [-0.25, -0.2) is 0 Å². The Balaban J connectivity index is 2.07. The Morgan fingerprint density at radius 1 is 1.17 bits per heavy atom. The SMILES string of the molecule is C[C@@H](N)c1cccc(OCc2ccccc2Br)c1. The summed E-state index contributed by atoms with van der Waals surface area (Å²) in [6.45, 7) is 2.51. The number of benzene rings is 2. The molecule has 3 heteroatoms. The van der Waals surface area contributed by atoms with Crippen LogP contribution in [0.3, 0.4) is 0 Å². The Hall–Kier alpha value is -1.32. The fourth-order valence-electron chi connectivity index (χ4n) is 1.66. The van der Waals surface area contributed by atoms with Crippen molar-refractivity contribution in [3.8, 4) is 5.75 Å². The molecule has 18 heavy (non-hydrogen) atoms. The zero-order chi connectivity index (χ0) is 13.0. The van der Waals surface area contributed by atoms with Gasteiger partial charge in [-0.05, 0) is 30.7 Å². The fourth-order valence-corrected chi connectivity index (χ4v) is 2.06. The number of hydrogen-bond donors (Lipinski definition) is 1. The summed E-state index contributed by atoms with van der Waals surface area (Å²) in [6.07, 6.45) is 0. The van der Waals surface area contributed by atoms with E-state index in [1.165, 1.54) is 0 Å². The summed E-state index contributed by atoms with van der Waals surface area (Å²) in [7, 11) is 0. The van der Waals surface area contributed by atoms with E-state index in [9.17, 15) is 0 Å². The quantitative estimate of drug-likeness (QED) is 0.925. The zero-order valence-corrected chi connectivity index (χ0v) is 11.9. The number of halogens is 1. The second-order valence-corrected chi connectivity index (χ2v) is 5.10. The number of nitrogens with two attached hydrogens (primary N) is 1. The van der Waals surface area contributed by atoms with Crippen molar-refractivity contribution >= 4 is 15.9 Å². The van der Waals surface area contributed by atoms with Crippen LogP contribution in [0.1, 0.15) is 24.1 Å². The molecule has 2 aromatic rings. The molecule has 2 nitrogen and oxygen atoms in total. The van der Waals surface area contributed by atoms with Crippen molar-refractivity contribution in [2.45, 2.75) is 19.6 Å². The van der Waals surface area contributed by atoms with E-state index < -0.39 is 0 Å². The molecule has 1 atom stereocenters. The van der Waals surface area contributed by atoms with Crippen LogP contribution >= 0.6 is 15.9 Å². The van der Waals surface area contributed by atoms with Gasteiger partial charge in [0.25, 0.3) is 0 Å². The lowest BCUT2D eigenvalue weighted by Gasteiger charge is -2.10. The Morgan fingerprint density at radius 3 is 2.67 bits per heavy atom. The predicted molar refractivity (Wildman–Crippen MR) is 77.5 cm³/mol. The van der Waals surface area contributed by atoms with Crippen molar-refractivity contribution in [3.05, 3.63) is 64.1 Å². The fraction of sp³-hybridized carbons (Fsp3) is 0.200. The molecule has 2 N–H and O–H groups in total. The van der Waals surface area contributed by atoms with E-state index in [0.717, 1.165) is 21.3 Å². The standard InChI is InChI=1S/C15H16BrNO/c1-11(17)12-6-4-7-14(9-12)18-10-13-5-2-3-8-15(13)16/h2-9,11H,10,17H2,1H3/t11-/m1/s1. The minimum absolute atomic E-state index is 0.0250. The third kappa shape index (κ3) is 3.34. The predicted octanol–water partition coefficient (Wildman–Crippen LogP) is 4.05. The van der Waals surface area contributed by atoms with Crippen LogP contribution in [-0.4, -0.2) is 0 Å². The monoisotopic (exact) mass is 305 g/mol. The van der Waals surface area contributed by atoms with Gasteiger partial charge in [0.15, 0.2) is 0 Å². The van der Waals surface area contributed by atoms with Crippen LogP contribution in [0.2, 0.25) is 0 Å². The van der Waals surface area contributed by atoms with E-state index in [2.05, 4.69) is 15.9 Å². The van der Waals surface area contributed by atoms with Crippen LogP contribution in [0.25, 0.3) is 0 Å². The van der Waals surface area contributed by atoms with Gasteiger partial charge < -0.3 is 10.5 Å². The number of rotatable bonds is 4. The summed E-state index contributed by atoms with van der Waals surface area (Å²) in [5, 5.41) is 0. The first-order valence-electron chi connectivity index (χ1n) is 5.88. The molecule has 0 heterocycles. The topological polar surface area (TPSA) is 35.2 Å². The summed E-state index contributed by atoms with van der Waals surface area (Å²) in [6, 6.07) is 16.0. The Morgan fingerprint density at radius 2 is 1.94 bits per heavy atom. The second-order valence-electron chi connectivity index (χ2n) is 4.24. The van der Waals surface area contributed by atoms with Gasteiger partial charge >= 0.3 is 0 Å². The third-order valence-electron chi connectivity index (χ3n) is 2.74. The van der Waals surface area contributed by atoms with Crippen LogP contribution in [0.15, 0.2) is 53.0 Å². The van der Waals surface area contributed by atoms with E-state index in [-0.39, 0.29) is 6.04 Å². The molecule has 2 rings (SSSR count). The first-order valence-corrected chi connectivity index (χ1v) is 6.68. The average molecular weight is 306 g/mol. The summed E-state index contributed by atoms with van der Waals surface area (Å²) < 4.78 is 6.84. The average Bonchev–Trinajstić information content (AvgIpc) is 2.38. The molecule has 0 fully saturated rings. The molecule has 0 saturated heterocycles. The molecular weight excluding hydrogens is 290 g/mol. The molecule has 0 spiro atoms. The molecule has 0 bridgehead atoms. The molecular formula is C15H16BrNO. The van der Waals surface area contributed by atoms with Gasteiger partial charge in [-0.3, -0.25) is 0 Å². The molecule has 0 saturated carbocycles. The Bertz CT molecular complexity index is 525. The first kappa shape index (κ1) is 13.1. The number of hydrogen-bond acceptors (Lipinski definition) is 2. The molecule has 0 radical (unpaired) electrons. The smallest absolute Gasteiger partial charge is 0.120 e. The maximum Gasteiger partial charge on any atom is 0.120 e. The highest BCUT2D eigenvalue weighted by atomic mass is 79.9. The van der Waals surface area contributed by atoms with E-state index in [1.54, 1.807) is 0 Å². The van der Waals surface area contributed by atoms with E-state index >= 15 is 0 Å². The number of ether oxygens (including phenoxy) is 1. The van der Waals surface area contributed by atoms with Crippen molar-refractivity contribution < 1.29 is 4.74 Å². The highest BCUT2D eigenvalue weighted by molar-refractivity contribution is 9.10. The van der Waals surface area contributed by atoms with Crippen LogP contribution in [0, 0.1) is 0 Å². The van der Waals surface area contributed by atoms with Gasteiger partial charge in [0, 0.05) is 16.1 Å². The van der Waals surface area contributed by atoms with Crippen molar-refractivity contribution in [1.82, 2.24) is 0 Å². The third-order valence-corrected chi connectivity index (χ3v) is 3.51. The largest absolute Gasteiger partial charge is 0.489 e. The van der Waals surface area contributed by atoms with Gasteiger partial charge in [0.05, 0.1) is 0 Å². The minimum atomic E-state index is 0.0250. The minimum Gasteiger partial charge on any atom is -0.489 e. The van der Waals surface area contributed by atoms with Crippen LogP contribution in [0.5, 0.6) is 5.75 Å². The lowest BCUT2D eigenvalue weighted by atomic mass is 10.1. The van der Waals surface area contributed by atoms with Crippen molar-refractivity contribution in [1.29, 1.82) is 0 Å². The van der Waals surface area contributed by atoms with Gasteiger partial charge in [-0.15, -0.1) is 0 Å². The summed E-state index contributed by atoms with van der Waals surface area (Å²) in [5.74, 6) is 0.848. The van der Waals surface area contributed by atoms with E-state index in [4.69, 9.17) is 10.5 Å². The van der Waals surface area contributed by atoms with Crippen molar-refractivity contribution in [2.24, 2.45) is 5.73 Å². The van der Waals surface area contributed by atoms with Gasteiger partial charge in [0.1, 0.15) is 12.4 Å². The van der Waals surface area contributed by atoms with Crippen LogP contribution < -0.4 is 10.5 Å². The molecule has 94 valence electrons. The summed E-state index contributed by atoms with van der Waals surface area (Å²) >= 11 is 3.51. The van der Waals surface area contributed by atoms with E-state index in [1.807, 2.05) is 55.5 Å². The van der Waals surface area contributed by atoms with Crippen LogP contribution in [0.4, 0.5) is 0 Å². The summed E-state index contributed by atoms with van der Waals surface area (Å²) in [4.78, 5) is 0. The summed E-state index contributed by atoms with van der Waals surface area (Å²) in [5.41, 5.74) is 8.06. The molecule has 2 aromatic carbocycles. The van der Waals surface area contributed by atoms with Crippen LogP contribution in [-0.2, 0) is 6.61 Å². The Kier molecular flexibility index (Phi) is 4.39. The van der Waals surface area contributed by atoms with Crippen molar-refractivity contribution in [2.75, 3.05) is 0 Å². The molecule has 0 unspecified atom stereocenters. The lowest BCUT2D eigenvalue weighted by Crippen LogP contribution is -2.05. The second kappa shape index (κ2) is 6.03. The maximum atomic E-state index is 5.85. The lowest BCUT2D eigenvalue weighted by molar-refractivity contribution is 0.305. The zero-order valence-electron chi connectivity index (χ0n) is 10.3. The molecule has 0 aliphatic carbocycles. The molecule has 0 aliphatic heterocycles.